The van der Waals surface area contributed by atoms with Gasteiger partial charge in [-0.1, -0.05) is 3.89 Å². The summed E-state index contributed by atoms with van der Waals surface area (Å²) in [6.07, 6.45) is 0. The first-order chi connectivity index (χ1) is 8.89. The number of nitrogens with two attached hydrogens (primary N) is 1. The molecule has 0 spiro atoms. The summed E-state index contributed by atoms with van der Waals surface area (Å²) in [4.78, 5) is 12.0. The van der Waals surface area contributed by atoms with Crippen molar-refractivity contribution in [1.82, 2.24) is 0 Å². The molecule has 1 rings (SSSR count). The van der Waals surface area contributed by atoms with E-state index in [1.807, 2.05) is 0 Å². The topological polar surface area (TPSA) is 95.7 Å². The second-order valence-electron chi connectivity index (χ2n) is 5.17. The quantitative estimate of drug-likeness (QED) is 0.522. The number of hydrogen-bond donors (Lipinski definition) is 1. The normalized spacial score (nSPS) is 12.1. The maximum atomic E-state index is 12.6. The van der Waals surface area contributed by atoms with Gasteiger partial charge in [0.1, 0.15) is 5.60 Å². The lowest BCUT2D eigenvalue weighted by Crippen LogP contribution is -2.24. The van der Waals surface area contributed by atoms with Crippen LogP contribution in [0.2, 0.25) is 0 Å². The second kappa shape index (κ2) is 5.28. The standard InChI is InChI=1S/C12H16FNO5S/c1-7-9(11(15)18-12(2,3)4)5-8(14)6-10(7)19-20(13,16)17/h5-6H,14H2,1-4H3. The van der Waals surface area contributed by atoms with Crippen molar-refractivity contribution >= 4 is 22.2 Å². The third-order valence-electron chi connectivity index (χ3n) is 2.19. The molecule has 0 aliphatic rings. The smallest absolute Gasteiger partial charge is 0.456 e. The van der Waals surface area contributed by atoms with Crippen molar-refractivity contribution in [3.8, 4) is 5.75 Å². The summed E-state index contributed by atoms with van der Waals surface area (Å²) in [6.45, 7) is 6.43. The van der Waals surface area contributed by atoms with Gasteiger partial charge < -0.3 is 14.7 Å². The molecule has 0 fully saturated rings. The predicted octanol–water partition coefficient (Wildman–Crippen LogP) is 2.13. The highest BCUT2D eigenvalue weighted by Crippen LogP contribution is 2.28. The minimum atomic E-state index is -5.20. The van der Waals surface area contributed by atoms with Gasteiger partial charge in [0.05, 0.1) is 5.56 Å². The fraction of sp³-hybridized carbons (Fsp3) is 0.417. The number of carbonyl (C=O) groups excluding carboxylic acids is 1. The molecule has 0 saturated heterocycles. The molecular formula is C12H16FNO5S. The number of esters is 1. The molecule has 0 radical (unpaired) electrons. The van der Waals surface area contributed by atoms with E-state index >= 15 is 0 Å². The van der Waals surface area contributed by atoms with E-state index in [1.54, 1.807) is 20.8 Å². The Morgan fingerprint density at radius 1 is 1.30 bits per heavy atom. The predicted molar refractivity (Wildman–Crippen MR) is 71.4 cm³/mol. The molecule has 1 aromatic carbocycles. The van der Waals surface area contributed by atoms with E-state index in [2.05, 4.69) is 4.18 Å². The largest absolute Gasteiger partial charge is 0.488 e. The molecule has 0 atom stereocenters. The van der Waals surface area contributed by atoms with Gasteiger partial charge in [0.2, 0.25) is 0 Å². The molecule has 20 heavy (non-hydrogen) atoms. The first-order valence-electron chi connectivity index (χ1n) is 5.66. The number of carbonyl (C=O) groups is 1. The van der Waals surface area contributed by atoms with Crippen molar-refractivity contribution in [2.45, 2.75) is 33.3 Å². The number of benzene rings is 1. The second-order valence-corrected chi connectivity index (χ2v) is 6.12. The van der Waals surface area contributed by atoms with Crippen molar-refractivity contribution in [2.75, 3.05) is 5.73 Å². The highest BCUT2D eigenvalue weighted by molar-refractivity contribution is 7.81. The highest BCUT2D eigenvalue weighted by Gasteiger charge is 2.23. The van der Waals surface area contributed by atoms with Gasteiger partial charge >= 0.3 is 16.5 Å². The lowest BCUT2D eigenvalue weighted by molar-refractivity contribution is 0.00684. The van der Waals surface area contributed by atoms with E-state index in [9.17, 15) is 17.1 Å². The lowest BCUT2D eigenvalue weighted by atomic mass is 10.1. The average Bonchev–Trinajstić information content (AvgIpc) is 2.18. The van der Waals surface area contributed by atoms with Crippen LogP contribution in [0, 0.1) is 6.92 Å². The minimum Gasteiger partial charge on any atom is -0.456 e. The Morgan fingerprint density at radius 2 is 1.85 bits per heavy atom. The molecule has 0 aliphatic carbocycles. The molecule has 0 aromatic heterocycles. The van der Waals surface area contributed by atoms with Gasteiger partial charge in [0, 0.05) is 17.3 Å². The fourth-order valence-electron chi connectivity index (χ4n) is 1.45. The van der Waals surface area contributed by atoms with Crippen LogP contribution >= 0.6 is 0 Å². The monoisotopic (exact) mass is 305 g/mol. The maximum absolute atomic E-state index is 12.6. The third kappa shape index (κ3) is 4.69. The summed E-state index contributed by atoms with van der Waals surface area (Å²) in [5.74, 6) is -1.06. The number of halogens is 1. The number of ether oxygens (including phenoxy) is 1. The lowest BCUT2D eigenvalue weighted by Gasteiger charge is -2.20. The Labute approximate surface area is 117 Å². The number of rotatable bonds is 3. The van der Waals surface area contributed by atoms with E-state index in [0.29, 0.717) is 0 Å². The van der Waals surface area contributed by atoms with Gasteiger partial charge in [0.25, 0.3) is 0 Å². The molecule has 0 aliphatic heterocycles. The summed E-state index contributed by atoms with van der Waals surface area (Å²) in [7, 11) is -5.20. The van der Waals surface area contributed by atoms with Gasteiger partial charge in [-0.3, -0.25) is 0 Å². The Morgan fingerprint density at radius 3 is 2.30 bits per heavy atom. The summed E-state index contributed by atoms with van der Waals surface area (Å²) in [6, 6.07) is 2.42. The summed E-state index contributed by atoms with van der Waals surface area (Å²) in [5.41, 5.74) is 4.99. The van der Waals surface area contributed by atoms with Crippen LogP contribution < -0.4 is 9.92 Å². The summed E-state index contributed by atoms with van der Waals surface area (Å²) < 4.78 is 42.9. The van der Waals surface area contributed by atoms with E-state index < -0.39 is 22.1 Å². The van der Waals surface area contributed by atoms with Crippen LogP contribution in [0.3, 0.4) is 0 Å². The van der Waals surface area contributed by atoms with Crippen molar-refractivity contribution in [1.29, 1.82) is 0 Å². The molecule has 0 bridgehead atoms. The molecule has 8 heteroatoms. The van der Waals surface area contributed by atoms with Crippen LogP contribution in [0.15, 0.2) is 12.1 Å². The Kier molecular flexibility index (Phi) is 4.28. The van der Waals surface area contributed by atoms with Crippen molar-refractivity contribution in [3.63, 3.8) is 0 Å². The van der Waals surface area contributed by atoms with E-state index in [-0.39, 0.29) is 22.6 Å². The first-order valence-corrected chi connectivity index (χ1v) is 6.97. The average molecular weight is 305 g/mol. The summed E-state index contributed by atoms with van der Waals surface area (Å²) >= 11 is 0. The zero-order valence-electron chi connectivity index (χ0n) is 11.6. The van der Waals surface area contributed by atoms with Crippen LogP contribution in [0.1, 0.15) is 36.7 Å². The van der Waals surface area contributed by atoms with Crippen LogP contribution in [-0.2, 0) is 15.2 Å². The van der Waals surface area contributed by atoms with E-state index in [0.717, 1.165) is 6.07 Å². The van der Waals surface area contributed by atoms with E-state index in [4.69, 9.17) is 10.5 Å². The third-order valence-corrected chi connectivity index (χ3v) is 2.57. The molecule has 0 heterocycles. The SMILES string of the molecule is Cc1c(OS(=O)(=O)F)cc(N)cc1C(=O)OC(C)(C)C. The highest BCUT2D eigenvalue weighted by atomic mass is 32.3. The first kappa shape index (κ1) is 16.2. The fourth-order valence-corrected chi connectivity index (χ4v) is 1.84. The molecule has 0 unspecified atom stereocenters. The molecule has 0 saturated carbocycles. The maximum Gasteiger partial charge on any atom is 0.488 e. The van der Waals surface area contributed by atoms with Gasteiger partial charge in [-0.25, -0.2) is 4.79 Å². The van der Waals surface area contributed by atoms with Crippen LogP contribution in [0.25, 0.3) is 0 Å². The van der Waals surface area contributed by atoms with Crippen LogP contribution in [0.4, 0.5) is 9.57 Å². The molecular weight excluding hydrogens is 289 g/mol. The molecule has 6 nitrogen and oxygen atoms in total. The van der Waals surface area contributed by atoms with E-state index in [1.165, 1.54) is 13.0 Å². The number of hydrogen-bond acceptors (Lipinski definition) is 6. The molecule has 0 amide bonds. The zero-order valence-corrected chi connectivity index (χ0v) is 12.4. The Hall–Kier alpha value is -1.83. The molecule has 2 N–H and O–H groups in total. The molecule has 112 valence electrons. The number of nitrogen functional groups attached to an aromatic ring is 1. The van der Waals surface area contributed by atoms with Crippen LogP contribution in [0.5, 0.6) is 5.75 Å². The minimum absolute atomic E-state index is 0.0126. The van der Waals surface area contributed by atoms with Crippen molar-refractivity contribution < 1.29 is 26.0 Å². The van der Waals surface area contributed by atoms with Gasteiger partial charge in [0.15, 0.2) is 5.75 Å². The Bertz CT molecular complexity index is 634. The van der Waals surface area contributed by atoms with Crippen molar-refractivity contribution in [2.24, 2.45) is 0 Å². The molecule has 1 aromatic rings. The Balaban J connectivity index is 3.25. The van der Waals surface area contributed by atoms with Gasteiger partial charge in [-0.05, 0) is 33.8 Å². The van der Waals surface area contributed by atoms with Crippen molar-refractivity contribution in [3.05, 3.63) is 23.3 Å². The number of anilines is 1. The zero-order chi connectivity index (χ0) is 15.7. The van der Waals surface area contributed by atoms with Crippen LogP contribution in [-0.4, -0.2) is 20.0 Å². The van der Waals surface area contributed by atoms with Gasteiger partial charge in [-0.15, -0.1) is 0 Å². The van der Waals surface area contributed by atoms with Gasteiger partial charge in [-0.2, -0.15) is 8.42 Å². The summed E-state index contributed by atoms with van der Waals surface area (Å²) in [5, 5.41) is 0.